The zero-order valence-electron chi connectivity index (χ0n) is 18.9. The van der Waals surface area contributed by atoms with Crippen molar-refractivity contribution in [1.82, 2.24) is 10.2 Å². The predicted molar refractivity (Wildman–Crippen MR) is 129 cm³/mol. The highest BCUT2D eigenvalue weighted by Gasteiger charge is 2.24. The molecule has 0 heterocycles. The Labute approximate surface area is 190 Å². The molecule has 6 nitrogen and oxygen atoms in total. The first-order valence-electron chi connectivity index (χ1n) is 11.8. The number of nitrogens with zero attached hydrogens (tertiary/aromatic N) is 1. The van der Waals surface area contributed by atoms with Crippen molar-refractivity contribution in [2.45, 2.75) is 63.6 Å². The Morgan fingerprint density at radius 1 is 0.969 bits per heavy atom. The molecule has 0 radical (unpaired) electrons. The van der Waals surface area contributed by atoms with Crippen molar-refractivity contribution in [3.8, 4) is 0 Å². The van der Waals surface area contributed by atoms with Crippen LogP contribution in [0, 0.1) is 0 Å². The number of carbonyl (C=O) groups is 2. The minimum atomic E-state index is -0.139. The molecule has 0 unspecified atom stereocenters. The normalized spacial score (nSPS) is 16.6. The van der Waals surface area contributed by atoms with Gasteiger partial charge in [0, 0.05) is 35.6 Å². The van der Waals surface area contributed by atoms with E-state index in [4.69, 9.17) is 0 Å². The lowest BCUT2D eigenvalue weighted by Crippen LogP contribution is -2.33. The number of hydrogen-bond donors (Lipinski definition) is 3. The summed E-state index contributed by atoms with van der Waals surface area (Å²) in [6.45, 7) is 1.04. The summed E-state index contributed by atoms with van der Waals surface area (Å²) in [5.74, 6) is -0.224. The minimum absolute atomic E-state index is 0.0854. The van der Waals surface area contributed by atoms with E-state index in [0.717, 1.165) is 25.1 Å². The van der Waals surface area contributed by atoms with Crippen LogP contribution in [0.25, 0.3) is 0 Å². The zero-order valence-corrected chi connectivity index (χ0v) is 18.9. The van der Waals surface area contributed by atoms with Gasteiger partial charge in [-0.1, -0.05) is 43.5 Å². The minimum Gasteiger partial charge on any atom is -0.376 e. The first-order chi connectivity index (χ1) is 15.6. The monoisotopic (exact) mass is 434 g/mol. The number of anilines is 2. The van der Waals surface area contributed by atoms with E-state index in [-0.39, 0.29) is 18.4 Å². The topological polar surface area (TPSA) is 73.5 Å². The Morgan fingerprint density at radius 2 is 1.75 bits per heavy atom. The van der Waals surface area contributed by atoms with Gasteiger partial charge in [-0.2, -0.15) is 0 Å². The number of benzene rings is 2. The fourth-order valence-corrected chi connectivity index (χ4v) is 4.37. The van der Waals surface area contributed by atoms with Gasteiger partial charge >= 0.3 is 0 Å². The summed E-state index contributed by atoms with van der Waals surface area (Å²) < 4.78 is 0. The van der Waals surface area contributed by atoms with Gasteiger partial charge in [-0.05, 0) is 62.6 Å². The summed E-state index contributed by atoms with van der Waals surface area (Å²) >= 11 is 0. The van der Waals surface area contributed by atoms with Crippen LogP contribution >= 0.6 is 0 Å². The standard InChI is InChI=1S/C26H34N4O2/c1-30(23-11-3-2-4-12-23)18-20-8-5-6-13-24(20)27-17-25(31)28-22-10-7-9-19(16-22)26(32)29-21-14-15-21/h5-10,13,16,21,23,27H,2-4,11-12,14-15,17-18H2,1H3,(H,28,31)(H,29,32). The van der Waals surface area contributed by atoms with Crippen molar-refractivity contribution in [2.24, 2.45) is 0 Å². The SMILES string of the molecule is CN(Cc1ccccc1NCC(=O)Nc1cccc(C(=O)NC2CC2)c1)C1CCCCC1. The van der Waals surface area contributed by atoms with Crippen LogP contribution < -0.4 is 16.0 Å². The molecule has 2 aromatic rings. The average molecular weight is 435 g/mol. The van der Waals surface area contributed by atoms with Gasteiger partial charge in [0.25, 0.3) is 5.91 Å². The third-order valence-corrected chi connectivity index (χ3v) is 6.40. The molecule has 2 amide bonds. The fourth-order valence-electron chi connectivity index (χ4n) is 4.37. The molecule has 0 aromatic heterocycles. The number of hydrogen-bond acceptors (Lipinski definition) is 4. The summed E-state index contributed by atoms with van der Waals surface area (Å²) in [5.41, 5.74) is 3.39. The van der Waals surface area contributed by atoms with Gasteiger partial charge in [0.2, 0.25) is 5.91 Å². The smallest absolute Gasteiger partial charge is 0.251 e. The fraction of sp³-hybridized carbons (Fsp3) is 0.462. The van der Waals surface area contributed by atoms with Crippen molar-refractivity contribution in [3.63, 3.8) is 0 Å². The zero-order chi connectivity index (χ0) is 22.3. The van der Waals surface area contributed by atoms with E-state index >= 15 is 0 Å². The van der Waals surface area contributed by atoms with E-state index in [1.54, 1.807) is 24.3 Å². The van der Waals surface area contributed by atoms with Crippen LogP contribution in [0.4, 0.5) is 11.4 Å². The summed E-state index contributed by atoms with van der Waals surface area (Å²) in [7, 11) is 2.20. The predicted octanol–water partition coefficient (Wildman–Crippen LogP) is 4.39. The van der Waals surface area contributed by atoms with Crippen molar-refractivity contribution >= 4 is 23.2 Å². The maximum absolute atomic E-state index is 12.6. The molecule has 0 spiro atoms. The highest BCUT2D eigenvalue weighted by Crippen LogP contribution is 2.25. The molecule has 0 bridgehead atoms. The second kappa shape index (κ2) is 10.6. The molecule has 2 aromatic carbocycles. The van der Waals surface area contributed by atoms with Gasteiger partial charge < -0.3 is 16.0 Å². The van der Waals surface area contributed by atoms with Crippen LogP contribution in [0.3, 0.4) is 0 Å². The Morgan fingerprint density at radius 3 is 2.53 bits per heavy atom. The van der Waals surface area contributed by atoms with Crippen molar-refractivity contribution < 1.29 is 9.59 Å². The molecule has 0 aliphatic heterocycles. The average Bonchev–Trinajstić information content (AvgIpc) is 3.63. The van der Waals surface area contributed by atoms with Crippen molar-refractivity contribution in [1.29, 1.82) is 0 Å². The second-order valence-electron chi connectivity index (χ2n) is 9.09. The molecule has 0 saturated heterocycles. The van der Waals surface area contributed by atoms with E-state index in [9.17, 15) is 9.59 Å². The van der Waals surface area contributed by atoms with Gasteiger partial charge in [-0.15, -0.1) is 0 Å². The highest BCUT2D eigenvalue weighted by atomic mass is 16.2. The van der Waals surface area contributed by atoms with E-state index in [2.05, 4.69) is 34.0 Å². The van der Waals surface area contributed by atoms with Gasteiger partial charge in [0.05, 0.1) is 6.54 Å². The maximum Gasteiger partial charge on any atom is 0.251 e. The van der Waals surface area contributed by atoms with Crippen LogP contribution in [0.5, 0.6) is 0 Å². The summed E-state index contributed by atoms with van der Waals surface area (Å²) in [5, 5.41) is 9.17. The quantitative estimate of drug-likeness (QED) is 0.547. The first-order valence-corrected chi connectivity index (χ1v) is 11.8. The number of nitrogens with one attached hydrogen (secondary N) is 3. The lowest BCUT2D eigenvalue weighted by molar-refractivity contribution is -0.114. The number of rotatable bonds is 9. The van der Waals surface area contributed by atoms with E-state index < -0.39 is 0 Å². The highest BCUT2D eigenvalue weighted by molar-refractivity contribution is 5.98. The maximum atomic E-state index is 12.6. The van der Waals surface area contributed by atoms with Gasteiger partial charge in [-0.25, -0.2) is 0 Å². The third-order valence-electron chi connectivity index (χ3n) is 6.40. The number of para-hydroxylation sites is 1. The molecule has 2 fully saturated rings. The molecule has 2 aliphatic carbocycles. The lowest BCUT2D eigenvalue weighted by atomic mass is 9.94. The van der Waals surface area contributed by atoms with Crippen molar-refractivity contribution in [3.05, 3.63) is 59.7 Å². The Kier molecular flexibility index (Phi) is 7.43. The van der Waals surface area contributed by atoms with Crippen LogP contribution in [0.15, 0.2) is 48.5 Å². The van der Waals surface area contributed by atoms with Crippen LogP contribution in [-0.2, 0) is 11.3 Å². The number of amides is 2. The van der Waals surface area contributed by atoms with E-state index in [1.807, 2.05) is 18.2 Å². The Bertz CT molecular complexity index is 935. The molecular formula is C26H34N4O2. The molecule has 3 N–H and O–H groups in total. The molecular weight excluding hydrogens is 400 g/mol. The van der Waals surface area contributed by atoms with Crippen molar-refractivity contribution in [2.75, 3.05) is 24.2 Å². The van der Waals surface area contributed by atoms with Gasteiger partial charge in [-0.3, -0.25) is 14.5 Å². The molecule has 2 saturated carbocycles. The molecule has 2 aliphatic rings. The third kappa shape index (κ3) is 6.33. The number of carbonyl (C=O) groups excluding carboxylic acids is 2. The summed E-state index contributed by atoms with van der Waals surface area (Å²) in [6.07, 6.45) is 8.62. The summed E-state index contributed by atoms with van der Waals surface area (Å²) in [4.78, 5) is 27.2. The first kappa shape index (κ1) is 22.3. The molecule has 6 heteroatoms. The van der Waals surface area contributed by atoms with Crippen LogP contribution in [0.2, 0.25) is 0 Å². The lowest BCUT2D eigenvalue weighted by Gasteiger charge is -2.31. The van der Waals surface area contributed by atoms with Crippen LogP contribution in [-0.4, -0.2) is 42.4 Å². The Hall–Kier alpha value is -2.86. The van der Waals surface area contributed by atoms with Gasteiger partial charge in [0.15, 0.2) is 0 Å². The van der Waals surface area contributed by atoms with Gasteiger partial charge in [0.1, 0.15) is 0 Å². The second-order valence-corrected chi connectivity index (χ2v) is 9.09. The largest absolute Gasteiger partial charge is 0.376 e. The Balaban J connectivity index is 1.31. The molecule has 170 valence electrons. The molecule has 0 atom stereocenters. The molecule has 4 rings (SSSR count). The summed E-state index contributed by atoms with van der Waals surface area (Å²) in [6, 6.07) is 16.2. The molecule has 32 heavy (non-hydrogen) atoms. The van der Waals surface area contributed by atoms with E-state index in [0.29, 0.717) is 23.3 Å². The van der Waals surface area contributed by atoms with E-state index in [1.165, 1.54) is 37.7 Å². The van der Waals surface area contributed by atoms with Crippen LogP contribution in [0.1, 0.15) is 60.9 Å².